The van der Waals surface area contributed by atoms with E-state index in [0.29, 0.717) is 37.3 Å². The molecule has 0 unspecified atom stereocenters. The highest BCUT2D eigenvalue weighted by Gasteiger charge is 2.29. The number of nitrogens with one attached hydrogen (secondary N) is 2. The number of benzene rings is 1. The van der Waals surface area contributed by atoms with E-state index in [1.165, 1.54) is 0 Å². The number of rotatable bonds is 7. The number of para-hydroxylation sites is 1. The summed E-state index contributed by atoms with van der Waals surface area (Å²) < 4.78 is 33.8. The van der Waals surface area contributed by atoms with E-state index < -0.39 is 10.0 Å². The van der Waals surface area contributed by atoms with Gasteiger partial charge in [-0.25, -0.2) is 13.1 Å². The van der Waals surface area contributed by atoms with Crippen LogP contribution in [0.1, 0.15) is 36.7 Å². The molecule has 1 aliphatic heterocycles. The van der Waals surface area contributed by atoms with Crippen molar-refractivity contribution in [2.24, 2.45) is 0 Å². The standard InChI is InChI=1S/C20H28N4O4S/c1-4-16-7-5-6-8-18(16)28-13-19(25)24-11-9-17(10-12-24)23-29(26,27)20-14(2)21-22-15(20)3/h5-8,17,23H,4,9-13H2,1-3H3,(H,21,22). The van der Waals surface area contributed by atoms with Crippen molar-refractivity contribution in [3.63, 3.8) is 0 Å². The fourth-order valence-electron chi connectivity index (χ4n) is 3.63. The second-order valence-electron chi connectivity index (χ2n) is 7.29. The Hall–Kier alpha value is -2.39. The molecule has 0 aliphatic carbocycles. The maximum Gasteiger partial charge on any atom is 0.260 e. The molecular weight excluding hydrogens is 392 g/mol. The summed E-state index contributed by atoms with van der Waals surface area (Å²) in [5.41, 5.74) is 2.04. The Kier molecular flexibility index (Phi) is 6.59. The molecule has 1 fully saturated rings. The first kappa shape index (κ1) is 21.3. The minimum atomic E-state index is -3.64. The monoisotopic (exact) mass is 420 g/mol. The molecule has 1 aromatic carbocycles. The van der Waals surface area contributed by atoms with E-state index in [-0.39, 0.29) is 23.5 Å². The molecule has 0 spiro atoms. The summed E-state index contributed by atoms with van der Waals surface area (Å²) in [4.78, 5) is 14.4. The normalized spacial score (nSPS) is 15.5. The van der Waals surface area contributed by atoms with E-state index in [9.17, 15) is 13.2 Å². The minimum Gasteiger partial charge on any atom is -0.483 e. The number of carbonyl (C=O) groups excluding carboxylic acids is 1. The Morgan fingerprint density at radius 1 is 1.28 bits per heavy atom. The summed E-state index contributed by atoms with van der Waals surface area (Å²) in [5, 5.41) is 6.66. The van der Waals surface area contributed by atoms with Crippen LogP contribution < -0.4 is 9.46 Å². The van der Waals surface area contributed by atoms with E-state index in [2.05, 4.69) is 14.9 Å². The number of sulfonamides is 1. The Balaban J connectivity index is 1.52. The van der Waals surface area contributed by atoms with Gasteiger partial charge in [-0.1, -0.05) is 25.1 Å². The maximum atomic E-state index is 12.7. The smallest absolute Gasteiger partial charge is 0.260 e. The SMILES string of the molecule is CCc1ccccc1OCC(=O)N1CCC(NS(=O)(=O)c2c(C)n[nH]c2C)CC1. The molecule has 1 saturated heterocycles. The lowest BCUT2D eigenvalue weighted by atomic mass is 10.1. The molecule has 3 rings (SSSR count). The van der Waals surface area contributed by atoms with E-state index in [0.717, 1.165) is 17.7 Å². The first-order valence-electron chi connectivity index (χ1n) is 9.84. The first-order chi connectivity index (χ1) is 13.8. The summed E-state index contributed by atoms with van der Waals surface area (Å²) in [6, 6.07) is 7.49. The number of hydrogen-bond acceptors (Lipinski definition) is 5. The van der Waals surface area contributed by atoms with Gasteiger partial charge >= 0.3 is 0 Å². The number of H-pyrrole nitrogens is 1. The predicted octanol–water partition coefficient (Wildman–Crippen LogP) is 1.94. The van der Waals surface area contributed by atoms with Crippen LogP contribution in [0.4, 0.5) is 0 Å². The molecule has 29 heavy (non-hydrogen) atoms. The quantitative estimate of drug-likeness (QED) is 0.712. The first-order valence-corrected chi connectivity index (χ1v) is 11.3. The maximum absolute atomic E-state index is 12.7. The highest BCUT2D eigenvalue weighted by Crippen LogP contribution is 2.21. The third-order valence-corrected chi connectivity index (χ3v) is 6.99. The minimum absolute atomic E-state index is 0.0131. The van der Waals surface area contributed by atoms with Gasteiger partial charge in [-0.05, 0) is 44.7 Å². The molecule has 0 radical (unpaired) electrons. The van der Waals surface area contributed by atoms with Crippen molar-refractivity contribution in [3.8, 4) is 5.75 Å². The van der Waals surface area contributed by atoms with Crippen LogP contribution in [0.3, 0.4) is 0 Å². The Labute approximate surface area is 171 Å². The molecule has 9 heteroatoms. The summed E-state index contributed by atoms with van der Waals surface area (Å²) in [5.74, 6) is 0.649. The number of ether oxygens (including phenoxy) is 1. The molecule has 2 N–H and O–H groups in total. The number of piperidine rings is 1. The summed E-state index contributed by atoms with van der Waals surface area (Å²) in [6.07, 6.45) is 1.96. The largest absolute Gasteiger partial charge is 0.483 e. The zero-order valence-corrected chi connectivity index (χ0v) is 17.9. The number of likely N-dealkylation sites (tertiary alicyclic amines) is 1. The van der Waals surface area contributed by atoms with E-state index >= 15 is 0 Å². The van der Waals surface area contributed by atoms with Gasteiger partial charge in [-0.3, -0.25) is 9.89 Å². The summed E-state index contributed by atoms with van der Waals surface area (Å²) in [6.45, 7) is 6.37. The number of amides is 1. The van der Waals surface area contributed by atoms with Crippen LogP contribution in [-0.2, 0) is 21.2 Å². The average molecular weight is 421 g/mol. The molecule has 158 valence electrons. The predicted molar refractivity (Wildman–Crippen MR) is 109 cm³/mol. The number of aromatic amines is 1. The van der Waals surface area contributed by atoms with Crippen LogP contribution in [0.25, 0.3) is 0 Å². The Morgan fingerprint density at radius 2 is 1.97 bits per heavy atom. The molecule has 1 aliphatic rings. The summed E-state index contributed by atoms with van der Waals surface area (Å²) >= 11 is 0. The average Bonchev–Trinajstić information content (AvgIpc) is 3.05. The molecular formula is C20H28N4O4S. The van der Waals surface area contributed by atoms with Gasteiger partial charge in [0.25, 0.3) is 5.91 Å². The van der Waals surface area contributed by atoms with Crippen LogP contribution in [0.15, 0.2) is 29.2 Å². The van der Waals surface area contributed by atoms with Gasteiger partial charge in [0, 0.05) is 19.1 Å². The van der Waals surface area contributed by atoms with Crippen molar-refractivity contribution in [3.05, 3.63) is 41.2 Å². The lowest BCUT2D eigenvalue weighted by Gasteiger charge is -2.32. The van der Waals surface area contributed by atoms with Gasteiger partial charge < -0.3 is 9.64 Å². The van der Waals surface area contributed by atoms with Gasteiger partial charge in [0.05, 0.1) is 11.4 Å². The lowest BCUT2D eigenvalue weighted by Crippen LogP contribution is -2.47. The second-order valence-corrected chi connectivity index (χ2v) is 8.94. The van der Waals surface area contributed by atoms with Gasteiger partial charge in [0.1, 0.15) is 10.6 Å². The van der Waals surface area contributed by atoms with Crippen molar-refractivity contribution in [1.29, 1.82) is 0 Å². The van der Waals surface area contributed by atoms with Crippen LogP contribution >= 0.6 is 0 Å². The number of nitrogens with zero attached hydrogens (tertiary/aromatic N) is 2. The van der Waals surface area contributed by atoms with Gasteiger partial charge in [0.2, 0.25) is 10.0 Å². The number of carbonyl (C=O) groups is 1. The van der Waals surface area contributed by atoms with Crippen molar-refractivity contribution in [1.82, 2.24) is 19.8 Å². The third-order valence-electron chi connectivity index (χ3n) is 5.20. The summed E-state index contributed by atoms with van der Waals surface area (Å²) in [7, 11) is -3.64. The molecule has 2 heterocycles. The highest BCUT2D eigenvalue weighted by molar-refractivity contribution is 7.89. The zero-order chi connectivity index (χ0) is 21.0. The Morgan fingerprint density at radius 3 is 2.59 bits per heavy atom. The highest BCUT2D eigenvalue weighted by atomic mass is 32.2. The Bertz CT molecular complexity index is 943. The lowest BCUT2D eigenvalue weighted by molar-refractivity contribution is -0.134. The van der Waals surface area contributed by atoms with Crippen LogP contribution in [0.5, 0.6) is 5.75 Å². The van der Waals surface area contributed by atoms with E-state index in [4.69, 9.17) is 4.74 Å². The van der Waals surface area contributed by atoms with Crippen molar-refractivity contribution < 1.29 is 17.9 Å². The van der Waals surface area contributed by atoms with Crippen molar-refractivity contribution in [2.45, 2.75) is 51.0 Å². The van der Waals surface area contributed by atoms with Gasteiger partial charge in [-0.2, -0.15) is 5.10 Å². The molecule has 8 nitrogen and oxygen atoms in total. The number of aromatic nitrogens is 2. The molecule has 0 atom stereocenters. The molecule has 2 aromatic rings. The van der Waals surface area contributed by atoms with E-state index in [1.54, 1.807) is 18.7 Å². The van der Waals surface area contributed by atoms with Crippen LogP contribution in [0.2, 0.25) is 0 Å². The van der Waals surface area contributed by atoms with Crippen molar-refractivity contribution in [2.75, 3.05) is 19.7 Å². The number of aryl methyl sites for hydroxylation is 3. The fraction of sp³-hybridized carbons (Fsp3) is 0.500. The van der Waals surface area contributed by atoms with E-state index in [1.807, 2.05) is 31.2 Å². The third kappa shape index (κ3) is 4.97. The second kappa shape index (κ2) is 8.96. The van der Waals surface area contributed by atoms with Crippen LogP contribution in [-0.4, -0.2) is 55.2 Å². The van der Waals surface area contributed by atoms with Crippen LogP contribution in [0, 0.1) is 13.8 Å². The number of hydrogen-bond donors (Lipinski definition) is 2. The van der Waals surface area contributed by atoms with Gasteiger partial charge in [0.15, 0.2) is 6.61 Å². The molecule has 0 saturated carbocycles. The van der Waals surface area contributed by atoms with Crippen molar-refractivity contribution >= 4 is 15.9 Å². The zero-order valence-electron chi connectivity index (χ0n) is 17.1. The van der Waals surface area contributed by atoms with Gasteiger partial charge in [-0.15, -0.1) is 0 Å². The molecule has 1 amide bonds. The topological polar surface area (TPSA) is 104 Å². The molecule has 1 aromatic heterocycles. The molecule has 0 bridgehead atoms. The fourth-order valence-corrected chi connectivity index (χ4v) is 5.30.